The van der Waals surface area contributed by atoms with Crippen molar-refractivity contribution in [1.82, 2.24) is 9.80 Å². The second kappa shape index (κ2) is 12.4. The molecule has 2 unspecified atom stereocenters. The minimum atomic E-state index is -3.45. The molecule has 236 valence electrons. The summed E-state index contributed by atoms with van der Waals surface area (Å²) in [6.45, 7) is -0.639. The van der Waals surface area contributed by atoms with Gasteiger partial charge in [-0.15, -0.1) is 0 Å². The second-order valence-electron chi connectivity index (χ2n) is 10.8. The van der Waals surface area contributed by atoms with Crippen LogP contribution in [-0.2, 0) is 31.2 Å². The monoisotopic (exact) mass is 654 g/mol. The highest BCUT2D eigenvalue weighted by Crippen LogP contribution is 2.60. The van der Waals surface area contributed by atoms with Gasteiger partial charge in [0.2, 0.25) is 22.8 Å². The van der Waals surface area contributed by atoms with Gasteiger partial charge in [0.15, 0.2) is 0 Å². The van der Waals surface area contributed by atoms with Crippen LogP contribution in [0.15, 0.2) is 78.9 Å². The van der Waals surface area contributed by atoms with Gasteiger partial charge >= 0.3 is 6.03 Å². The number of halogens is 2. The summed E-state index contributed by atoms with van der Waals surface area (Å²) in [5.74, 6) is -8.37. The van der Waals surface area contributed by atoms with E-state index in [-0.39, 0.29) is 27.7 Å². The molecule has 0 saturated carbocycles. The number of aliphatic hydroxyl groups is 1. The molecule has 0 aromatic heterocycles. The van der Waals surface area contributed by atoms with E-state index in [2.05, 4.69) is 0 Å². The van der Waals surface area contributed by atoms with Crippen molar-refractivity contribution in [3.63, 3.8) is 0 Å². The number of amides is 6. The number of urea groups is 1. The van der Waals surface area contributed by atoms with Crippen LogP contribution < -0.4 is 22.9 Å². The van der Waals surface area contributed by atoms with Crippen LogP contribution in [0, 0.1) is 5.41 Å². The van der Waals surface area contributed by atoms with Gasteiger partial charge in [0, 0.05) is 26.1 Å². The lowest BCUT2D eigenvalue weighted by Crippen LogP contribution is -2.88. The highest BCUT2D eigenvalue weighted by atomic mass is 35.5. The summed E-state index contributed by atoms with van der Waals surface area (Å²) in [6.07, 6.45) is 0.345. The molecule has 0 aliphatic carbocycles. The summed E-state index contributed by atoms with van der Waals surface area (Å²) >= 11 is 12.5. The van der Waals surface area contributed by atoms with Crippen LogP contribution in [0.3, 0.4) is 0 Å². The van der Waals surface area contributed by atoms with Crippen molar-refractivity contribution >= 4 is 52.9 Å². The molecule has 1 saturated heterocycles. The summed E-state index contributed by atoms with van der Waals surface area (Å²) < 4.78 is 0. The van der Waals surface area contributed by atoms with E-state index in [1.807, 2.05) is 30.3 Å². The quantitative estimate of drug-likeness (QED) is 0.214. The van der Waals surface area contributed by atoms with Crippen LogP contribution in [-0.4, -0.2) is 70.2 Å². The van der Waals surface area contributed by atoms with Gasteiger partial charge in [0.05, 0.1) is 10.0 Å². The summed E-state index contributed by atoms with van der Waals surface area (Å²) in [4.78, 5) is 71.1. The Balaban J connectivity index is 2.09. The molecule has 1 heterocycles. The van der Waals surface area contributed by atoms with E-state index < -0.39 is 58.7 Å². The highest BCUT2D eigenvalue weighted by Gasteiger charge is 2.83. The van der Waals surface area contributed by atoms with Crippen molar-refractivity contribution < 1.29 is 29.1 Å². The van der Waals surface area contributed by atoms with Gasteiger partial charge in [-0.3, -0.25) is 24.1 Å². The number of piperidine rings is 1. The fourth-order valence-electron chi connectivity index (χ4n) is 6.45. The molecular weight excluding hydrogens is 623 g/mol. The number of likely N-dealkylation sites (tertiary alicyclic amines) is 1. The Bertz CT molecular complexity index is 1630. The number of nitrogens with two attached hydrogens (primary N) is 4. The zero-order valence-electron chi connectivity index (χ0n) is 24.2. The van der Waals surface area contributed by atoms with Crippen LogP contribution in [0.4, 0.5) is 4.79 Å². The smallest absolute Gasteiger partial charge is 0.321 e. The van der Waals surface area contributed by atoms with Crippen molar-refractivity contribution in [3.8, 4) is 0 Å². The Hall–Kier alpha value is -4.65. The normalized spacial score (nSPS) is 20.2. The number of benzene rings is 3. The SMILES string of the molecule is CN(CCc1ccccc1)C(=O)N1CC(c2ccc(Cl)c(Cl)c2)C(O)(c2ccccc2)C(C(N)=O)(C(N)=O)C1(C(N)=O)C(N)=O. The molecule has 4 rings (SSSR count). The molecule has 1 aliphatic heterocycles. The van der Waals surface area contributed by atoms with E-state index in [0.717, 1.165) is 10.5 Å². The molecule has 1 aliphatic rings. The number of nitrogens with zero attached hydrogens (tertiary/aromatic N) is 2. The van der Waals surface area contributed by atoms with Crippen LogP contribution in [0.25, 0.3) is 0 Å². The van der Waals surface area contributed by atoms with E-state index in [1.165, 1.54) is 49.5 Å². The van der Waals surface area contributed by atoms with E-state index in [4.69, 9.17) is 46.1 Å². The maximum Gasteiger partial charge on any atom is 0.321 e. The van der Waals surface area contributed by atoms with Gasteiger partial charge in [-0.05, 0) is 35.2 Å². The van der Waals surface area contributed by atoms with Gasteiger partial charge in [-0.1, -0.05) is 89.9 Å². The molecule has 0 radical (unpaired) electrons. The molecule has 12 nitrogen and oxygen atoms in total. The number of carbonyl (C=O) groups is 5. The van der Waals surface area contributed by atoms with E-state index >= 15 is 0 Å². The minimum Gasteiger partial charge on any atom is -0.383 e. The van der Waals surface area contributed by atoms with Gasteiger partial charge in [-0.2, -0.15) is 0 Å². The van der Waals surface area contributed by atoms with E-state index in [9.17, 15) is 29.1 Å². The third kappa shape index (κ3) is 4.95. The predicted molar refractivity (Wildman–Crippen MR) is 166 cm³/mol. The Morgan fingerprint density at radius 3 is 1.84 bits per heavy atom. The first-order chi connectivity index (χ1) is 21.2. The molecule has 14 heteroatoms. The van der Waals surface area contributed by atoms with Gasteiger partial charge < -0.3 is 32.9 Å². The van der Waals surface area contributed by atoms with Crippen LogP contribution >= 0.6 is 23.2 Å². The molecule has 6 amide bonds. The summed E-state index contributed by atoms with van der Waals surface area (Å²) in [7, 11) is 1.38. The van der Waals surface area contributed by atoms with Crippen LogP contribution in [0.5, 0.6) is 0 Å². The Labute approximate surface area is 268 Å². The lowest BCUT2D eigenvalue weighted by molar-refractivity contribution is -0.212. The van der Waals surface area contributed by atoms with Gasteiger partial charge in [0.1, 0.15) is 5.60 Å². The number of hydrogen-bond acceptors (Lipinski definition) is 6. The lowest BCUT2D eigenvalue weighted by atomic mass is 9.48. The molecule has 1 fully saturated rings. The molecule has 45 heavy (non-hydrogen) atoms. The zero-order chi connectivity index (χ0) is 33.3. The van der Waals surface area contributed by atoms with Gasteiger partial charge in [-0.25, -0.2) is 4.79 Å². The largest absolute Gasteiger partial charge is 0.383 e. The number of rotatable bonds is 9. The van der Waals surface area contributed by atoms with Crippen molar-refractivity contribution in [3.05, 3.63) is 106 Å². The van der Waals surface area contributed by atoms with Crippen LogP contribution in [0.2, 0.25) is 10.0 Å². The number of hydrogen-bond donors (Lipinski definition) is 5. The van der Waals surface area contributed by atoms with Gasteiger partial charge in [0.25, 0.3) is 11.8 Å². The third-order valence-corrected chi connectivity index (χ3v) is 9.28. The fourth-order valence-corrected chi connectivity index (χ4v) is 6.76. The van der Waals surface area contributed by atoms with Crippen molar-refractivity contribution in [2.24, 2.45) is 28.3 Å². The lowest BCUT2D eigenvalue weighted by Gasteiger charge is -2.62. The average molecular weight is 656 g/mol. The Kier molecular flexibility index (Phi) is 9.15. The van der Waals surface area contributed by atoms with Crippen molar-refractivity contribution in [1.29, 1.82) is 0 Å². The maximum atomic E-state index is 14.3. The number of likely N-dealkylation sites (N-methyl/N-ethyl adjacent to an activating group) is 1. The average Bonchev–Trinajstić information content (AvgIpc) is 3.00. The first-order valence-corrected chi connectivity index (χ1v) is 14.4. The number of carbonyl (C=O) groups excluding carboxylic acids is 5. The van der Waals surface area contributed by atoms with Crippen molar-refractivity contribution in [2.75, 3.05) is 20.1 Å². The third-order valence-electron chi connectivity index (χ3n) is 8.54. The topological polar surface area (TPSA) is 216 Å². The Morgan fingerprint density at radius 2 is 1.36 bits per heavy atom. The van der Waals surface area contributed by atoms with E-state index in [0.29, 0.717) is 11.3 Å². The van der Waals surface area contributed by atoms with Crippen LogP contribution in [0.1, 0.15) is 22.6 Å². The second-order valence-corrected chi connectivity index (χ2v) is 11.6. The molecule has 0 bridgehead atoms. The predicted octanol–water partition coefficient (Wildman–Crippen LogP) is 1.24. The van der Waals surface area contributed by atoms with E-state index in [1.54, 1.807) is 6.07 Å². The standard InChI is InChI=1S/C31H32Cl2N6O6/c1-38(15-14-18-8-4-2-5-9-18)28(44)39-17-21(19-12-13-22(32)23(33)16-19)31(45,20-10-6-3-7-11-20)29(24(34)40,25(35)41)30(39,26(36)42)27(37)43/h2-13,16,21,45H,14-15,17H2,1H3,(H2,34,40)(H2,35,41)(H2,36,42)(H2,37,43). The zero-order valence-corrected chi connectivity index (χ0v) is 25.7. The summed E-state index contributed by atoms with van der Waals surface area (Å²) in [5.41, 5.74) is 14.7. The molecule has 3 aromatic rings. The Morgan fingerprint density at radius 1 is 0.822 bits per heavy atom. The fraction of sp³-hybridized carbons (Fsp3) is 0.258. The highest BCUT2D eigenvalue weighted by molar-refractivity contribution is 6.42. The maximum absolute atomic E-state index is 14.3. The first kappa shape index (κ1) is 33.2. The molecule has 0 spiro atoms. The summed E-state index contributed by atoms with van der Waals surface area (Å²) in [5, 5.41) is 13.1. The molecule has 3 aromatic carbocycles. The molecular formula is C31H32Cl2N6O6. The summed E-state index contributed by atoms with van der Waals surface area (Å²) in [6, 6.07) is 19.4. The molecule has 9 N–H and O–H groups in total. The minimum absolute atomic E-state index is 0.0211. The first-order valence-electron chi connectivity index (χ1n) is 13.7. The van der Waals surface area contributed by atoms with Crippen molar-refractivity contribution in [2.45, 2.75) is 23.5 Å². The number of primary amides is 4. The molecule has 2 atom stereocenters.